The van der Waals surface area contributed by atoms with Gasteiger partial charge < -0.3 is 9.88 Å². The SMILES string of the molecule is Cn1c(CN2CCC[C@H](C(=O)NCc3ccc(Cl)cc3)C2)nc2ccccc21. The molecule has 5 nitrogen and oxygen atoms in total. The van der Waals surface area contributed by atoms with E-state index in [-0.39, 0.29) is 11.8 Å². The van der Waals surface area contributed by atoms with Gasteiger partial charge in [-0.2, -0.15) is 0 Å². The van der Waals surface area contributed by atoms with Gasteiger partial charge in [-0.3, -0.25) is 9.69 Å². The number of benzene rings is 2. The van der Waals surface area contributed by atoms with Gasteiger partial charge in [-0.1, -0.05) is 35.9 Å². The van der Waals surface area contributed by atoms with E-state index >= 15 is 0 Å². The zero-order chi connectivity index (χ0) is 19.5. The minimum Gasteiger partial charge on any atom is -0.352 e. The molecule has 3 aromatic rings. The van der Waals surface area contributed by atoms with Crippen molar-refractivity contribution in [2.24, 2.45) is 13.0 Å². The van der Waals surface area contributed by atoms with Gasteiger partial charge in [0.15, 0.2) is 0 Å². The molecule has 0 radical (unpaired) electrons. The number of rotatable bonds is 5. The van der Waals surface area contributed by atoms with E-state index in [1.807, 2.05) is 42.5 Å². The lowest BCUT2D eigenvalue weighted by atomic mass is 9.97. The highest BCUT2D eigenvalue weighted by Crippen LogP contribution is 2.21. The normalized spacial score (nSPS) is 17.7. The van der Waals surface area contributed by atoms with Crippen LogP contribution in [0.3, 0.4) is 0 Å². The predicted molar refractivity (Wildman–Crippen MR) is 112 cm³/mol. The van der Waals surface area contributed by atoms with E-state index in [1.54, 1.807) is 0 Å². The summed E-state index contributed by atoms with van der Waals surface area (Å²) in [6.07, 6.45) is 1.97. The molecule has 0 unspecified atom stereocenters. The molecule has 1 aliphatic rings. The van der Waals surface area contributed by atoms with Crippen molar-refractivity contribution in [3.05, 3.63) is 64.9 Å². The monoisotopic (exact) mass is 396 g/mol. The summed E-state index contributed by atoms with van der Waals surface area (Å²) in [5.41, 5.74) is 3.23. The smallest absolute Gasteiger partial charge is 0.224 e. The first kappa shape index (κ1) is 19.0. The van der Waals surface area contributed by atoms with E-state index in [2.05, 4.69) is 27.9 Å². The summed E-state index contributed by atoms with van der Waals surface area (Å²) in [6.45, 7) is 3.09. The molecule has 1 aliphatic heterocycles. The van der Waals surface area contributed by atoms with E-state index in [9.17, 15) is 4.79 Å². The van der Waals surface area contributed by atoms with Crippen LogP contribution in [0.5, 0.6) is 0 Å². The first-order valence-corrected chi connectivity index (χ1v) is 10.1. The number of aromatic nitrogens is 2. The number of amides is 1. The molecule has 28 heavy (non-hydrogen) atoms. The number of carbonyl (C=O) groups is 1. The summed E-state index contributed by atoms with van der Waals surface area (Å²) in [7, 11) is 2.06. The van der Waals surface area contributed by atoms with Crippen molar-refractivity contribution in [1.29, 1.82) is 0 Å². The van der Waals surface area contributed by atoms with Gasteiger partial charge in [0.25, 0.3) is 0 Å². The van der Waals surface area contributed by atoms with E-state index < -0.39 is 0 Å². The number of fused-ring (bicyclic) bond motifs is 1. The second-order valence-electron chi connectivity index (χ2n) is 7.49. The Morgan fingerprint density at radius 1 is 1.21 bits per heavy atom. The Morgan fingerprint density at radius 2 is 2.00 bits per heavy atom. The molecule has 0 spiro atoms. The summed E-state index contributed by atoms with van der Waals surface area (Å²) in [6, 6.07) is 15.8. The van der Waals surface area contributed by atoms with E-state index in [0.29, 0.717) is 11.6 Å². The molecule has 1 aromatic heterocycles. The quantitative estimate of drug-likeness (QED) is 0.714. The average molecular weight is 397 g/mol. The lowest BCUT2D eigenvalue weighted by Gasteiger charge is -2.31. The molecule has 2 aromatic carbocycles. The third-order valence-corrected chi connectivity index (χ3v) is 5.75. The number of aryl methyl sites for hydroxylation is 1. The molecule has 6 heteroatoms. The van der Waals surface area contributed by atoms with Crippen LogP contribution in [-0.4, -0.2) is 33.4 Å². The lowest BCUT2D eigenvalue weighted by Crippen LogP contribution is -2.42. The summed E-state index contributed by atoms with van der Waals surface area (Å²) in [5, 5.41) is 3.78. The number of para-hydroxylation sites is 2. The fourth-order valence-electron chi connectivity index (χ4n) is 3.89. The van der Waals surface area contributed by atoms with Crippen LogP contribution in [0.25, 0.3) is 11.0 Å². The Balaban J connectivity index is 1.36. The summed E-state index contributed by atoms with van der Waals surface area (Å²) < 4.78 is 2.15. The van der Waals surface area contributed by atoms with Crippen molar-refractivity contribution in [2.45, 2.75) is 25.9 Å². The maximum atomic E-state index is 12.7. The topological polar surface area (TPSA) is 50.2 Å². The number of hydrogen-bond acceptors (Lipinski definition) is 3. The molecular formula is C22H25ClN4O. The molecule has 146 valence electrons. The number of piperidine rings is 1. The van der Waals surface area contributed by atoms with Crippen LogP contribution < -0.4 is 5.32 Å². The Hall–Kier alpha value is -2.37. The largest absolute Gasteiger partial charge is 0.352 e. The van der Waals surface area contributed by atoms with E-state index in [0.717, 1.165) is 54.9 Å². The van der Waals surface area contributed by atoms with Crippen molar-refractivity contribution in [3.8, 4) is 0 Å². The molecule has 4 rings (SSSR count). The highest BCUT2D eigenvalue weighted by Gasteiger charge is 2.26. The van der Waals surface area contributed by atoms with Gasteiger partial charge in [0, 0.05) is 25.2 Å². The fourth-order valence-corrected chi connectivity index (χ4v) is 4.01. The molecule has 0 saturated carbocycles. The standard InChI is InChI=1S/C22H25ClN4O/c1-26-20-7-3-2-6-19(20)25-21(26)15-27-12-4-5-17(14-27)22(28)24-13-16-8-10-18(23)11-9-16/h2-3,6-11,17H,4-5,12-15H2,1H3,(H,24,28)/t17-/m0/s1. The number of likely N-dealkylation sites (tertiary alicyclic amines) is 1. The zero-order valence-corrected chi connectivity index (χ0v) is 16.8. The maximum Gasteiger partial charge on any atom is 0.224 e. The Morgan fingerprint density at radius 3 is 2.79 bits per heavy atom. The first-order chi connectivity index (χ1) is 13.6. The van der Waals surface area contributed by atoms with Crippen LogP contribution in [0.2, 0.25) is 5.02 Å². The number of nitrogens with one attached hydrogen (secondary N) is 1. The molecular weight excluding hydrogens is 372 g/mol. The van der Waals surface area contributed by atoms with E-state index in [1.165, 1.54) is 0 Å². The van der Waals surface area contributed by atoms with Crippen molar-refractivity contribution in [1.82, 2.24) is 19.8 Å². The lowest BCUT2D eigenvalue weighted by molar-refractivity contribution is -0.127. The van der Waals surface area contributed by atoms with Crippen LogP contribution in [0.4, 0.5) is 0 Å². The number of carbonyl (C=O) groups excluding carboxylic acids is 1. The van der Waals surface area contributed by atoms with Crippen molar-refractivity contribution >= 4 is 28.5 Å². The Labute approximate surface area is 170 Å². The van der Waals surface area contributed by atoms with Crippen LogP contribution in [0.15, 0.2) is 48.5 Å². The summed E-state index contributed by atoms with van der Waals surface area (Å²) in [4.78, 5) is 19.8. The minimum atomic E-state index is 0.0238. The van der Waals surface area contributed by atoms with E-state index in [4.69, 9.17) is 16.6 Å². The zero-order valence-electron chi connectivity index (χ0n) is 16.1. The third kappa shape index (κ3) is 4.21. The molecule has 0 bridgehead atoms. The Kier molecular flexibility index (Phi) is 5.64. The van der Waals surface area contributed by atoms with Gasteiger partial charge in [-0.05, 0) is 49.2 Å². The molecule has 0 aliphatic carbocycles. The number of imidazole rings is 1. The predicted octanol–water partition coefficient (Wildman–Crippen LogP) is 3.76. The molecule has 1 N–H and O–H groups in total. The van der Waals surface area contributed by atoms with Gasteiger partial charge in [0.1, 0.15) is 5.82 Å². The number of nitrogens with zero attached hydrogens (tertiary/aromatic N) is 3. The minimum absolute atomic E-state index is 0.0238. The fraction of sp³-hybridized carbons (Fsp3) is 0.364. The number of hydrogen-bond donors (Lipinski definition) is 1. The summed E-state index contributed by atoms with van der Waals surface area (Å²) in [5.74, 6) is 1.20. The second kappa shape index (κ2) is 8.33. The van der Waals surface area contributed by atoms with Crippen molar-refractivity contribution in [3.63, 3.8) is 0 Å². The van der Waals surface area contributed by atoms with Crippen LogP contribution in [-0.2, 0) is 24.9 Å². The highest BCUT2D eigenvalue weighted by atomic mass is 35.5. The summed E-state index contributed by atoms with van der Waals surface area (Å²) >= 11 is 5.92. The van der Waals surface area contributed by atoms with Crippen molar-refractivity contribution < 1.29 is 4.79 Å². The molecule has 1 fully saturated rings. The van der Waals surface area contributed by atoms with Gasteiger partial charge in [0.2, 0.25) is 5.91 Å². The highest BCUT2D eigenvalue weighted by molar-refractivity contribution is 6.30. The number of halogens is 1. The molecule has 1 amide bonds. The second-order valence-corrected chi connectivity index (χ2v) is 7.93. The van der Waals surface area contributed by atoms with Crippen LogP contribution in [0, 0.1) is 5.92 Å². The van der Waals surface area contributed by atoms with Gasteiger partial charge in [-0.25, -0.2) is 4.98 Å². The third-order valence-electron chi connectivity index (χ3n) is 5.50. The van der Waals surface area contributed by atoms with Gasteiger partial charge in [-0.15, -0.1) is 0 Å². The van der Waals surface area contributed by atoms with Crippen molar-refractivity contribution in [2.75, 3.05) is 13.1 Å². The maximum absolute atomic E-state index is 12.7. The molecule has 1 atom stereocenters. The van der Waals surface area contributed by atoms with Gasteiger partial charge in [0.05, 0.1) is 23.5 Å². The molecule has 1 saturated heterocycles. The average Bonchev–Trinajstić information content (AvgIpc) is 3.03. The molecule has 2 heterocycles. The first-order valence-electron chi connectivity index (χ1n) is 9.75. The van der Waals surface area contributed by atoms with Crippen LogP contribution >= 0.6 is 11.6 Å². The Bertz CT molecular complexity index is 966. The van der Waals surface area contributed by atoms with Crippen LogP contribution in [0.1, 0.15) is 24.2 Å². The van der Waals surface area contributed by atoms with Gasteiger partial charge >= 0.3 is 0 Å².